The molecule has 0 aliphatic heterocycles. The van der Waals surface area contributed by atoms with E-state index in [1.165, 1.54) is 0 Å². The number of aliphatic hydroxyl groups is 1. The van der Waals surface area contributed by atoms with Crippen molar-refractivity contribution in [3.63, 3.8) is 0 Å². The Kier molecular flexibility index (Phi) is 4.69. The van der Waals surface area contributed by atoms with Crippen LogP contribution in [0.1, 0.15) is 12.5 Å². The van der Waals surface area contributed by atoms with Crippen LogP contribution in [0.3, 0.4) is 0 Å². The number of methoxy groups -OCH3 is 1. The van der Waals surface area contributed by atoms with Crippen LogP contribution in [0.25, 0.3) is 0 Å². The molecular formula is C13H20N2O3. The Morgan fingerprint density at radius 3 is 2.39 bits per heavy atom. The number of hydrogen-bond donors (Lipinski definition) is 1. The maximum Gasteiger partial charge on any atom is 0.128 e. The van der Waals surface area contributed by atoms with Gasteiger partial charge in [-0.05, 0) is 24.6 Å². The number of ether oxygens (including phenoxy) is 1. The summed E-state index contributed by atoms with van der Waals surface area (Å²) in [5.74, 6) is 0.396. The van der Waals surface area contributed by atoms with Crippen molar-refractivity contribution in [1.29, 1.82) is 0 Å². The zero-order valence-corrected chi connectivity index (χ0v) is 11.3. The molecule has 1 aromatic carbocycles. The van der Waals surface area contributed by atoms with Gasteiger partial charge >= 0.3 is 0 Å². The van der Waals surface area contributed by atoms with Gasteiger partial charge in [0.2, 0.25) is 0 Å². The normalized spacial score (nSPS) is 14.4. The molecule has 1 unspecified atom stereocenters. The molecule has 0 saturated carbocycles. The van der Waals surface area contributed by atoms with Crippen LogP contribution in [0.4, 0.5) is 0 Å². The summed E-state index contributed by atoms with van der Waals surface area (Å²) in [6.45, 7) is 2.06. The summed E-state index contributed by atoms with van der Waals surface area (Å²) >= 11 is 0. The highest BCUT2D eigenvalue weighted by Gasteiger charge is 2.17. The van der Waals surface area contributed by atoms with E-state index in [0.29, 0.717) is 17.9 Å². The quantitative estimate of drug-likeness (QED) is 0.352. The minimum atomic E-state index is -0.507. The average molecular weight is 252 g/mol. The molecule has 100 valence electrons. The van der Waals surface area contributed by atoms with Gasteiger partial charge in [0.15, 0.2) is 0 Å². The Bertz CT molecular complexity index is 411. The lowest BCUT2D eigenvalue weighted by Crippen LogP contribution is -2.42. The van der Waals surface area contributed by atoms with Crippen LogP contribution in [0.15, 0.2) is 29.4 Å². The Balaban J connectivity index is 2.87. The summed E-state index contributed by atoms with van der Waals surface area (Å²) in [5.41, 5.74) is 0.507. The molecule has 0 aromatic heterocycles. The molecule has 1 atom stereocenters. The van der Waals surface area contributed by atoms with Crippen LogP contribution in [-0.4, -0.2) is 49.5 Å². The molecular weight excluding hydrogens is 232 g/mol. The Morgan fingerprint density at radius 2 is 1.94 bits per heavy atom. The second-order valence-corrected chi connectivity index (χ2v) is 4.79. The molecule has 5 nitrogen and oxygen atoms in total. The van der Waals surface area contributed by atoms with E-state index in [-0.39, 0.29) is 10.5 Å². The van der Waals surface area contributed by atoms with Crippen molar-refractivity contribution in [2.75, 3.05) is 27.7 Å². The fourth-order valence-electron chi connectivity index (χ4n) is 1.72. The van der Waals surface area contributed by atoms with Crippen LogP contribution < -0.4 is 9.84 Å². The van der Waals surface area contributed by atoms with Crippen molar-refractivity contribution in [3.05, 3.63) is 29.8 Å². The van der Waals surface area contributed by atoms with Gasteiger partial charge in [0, 0.05) is 0 Å². The Labute approximate surface area is 108 Å². The van der Waals surface area contributed by atoms with Gasteiger partial charge in [0.1, 0.15) is 18.4 Å². The predicted octanol–water partition coefficient (Wildman–Crippen LogP) is 0.174. The number of rotatable bonds is 5. The number of aliphatic hydroxyl groups excluding tert-OH is 1. The van der Waals surface area contributed by atoms with Crippen LogP contribution >= 0.6 is 0 Å². The summed E-state index contributed by atoms with van der Waals surface area (Å²) in [6, 6.07) is 6.79. The second kappa shape index (κ2) is 5.84. The number of benzene rings is 1. The zero-order valence-electron chi connectivity index (χ0n) is 11.3. The molecule has 0 aliphatic rings. The lowest BCUT2D eigenvalue weighted by atomic mass is 10.2. The first-order valence-corrected chi connectivity index (χ1v) is 5.77. The van der Waals surface area contributed by atoms with Crippen molar-refractivity contribution < 1.29 is 19.5 Å². The molecule has 18 heavy (non-hydrogen) atoms. The van der Waals surface area contributed by atoms with Crippen LogP contribution in [0, 0.1) is 0 Å². The van der Waals surface area contributed by atoms with Crippen molar-refractivity contribution in [2.24, 2.45) is 5.10 Å². The van der Waals surface area contributed by atoms with E-state index < -0.39 is 6.10 Å². The van der Waals surface area contributed by atoms with Crippen molar-refractivity contribution in [2.45, 2.75) is 13.0 Å². The van der Waals surface area contributed by atoms with Gasteiger partial charge in [0.25, 0.3) is 0 Å². The smallest absolute Gasteiger partial charge is 0.128 e. The van der Waals surface area contributed by atoms with E-state index in [4.69, 9.17) is 4.74 Å². The van der Waals surface area contributed by atoms with Crippen molar-refractivity contribution in [3.8, 4) is 5.75 Å². The molecule has 0 radical (unpaired) electrons. The van der Waals surface area contributed by atoms with E-state index in [2.05, 4.69) is 5.10 Å². The average Bonchev–Trinajstić information content (AvgIpc) is 2.26. The summed E-state index contributed by atoms with van der Waals surface area (Å²) in [5, 5.41) is 25.3. The van der Waals surface area contributed by atoms with E-state index in [1.54, 1.807) is 52.4 Å². The predicted molar refractivity (Wildman–Crippen MR) is 68.2 cm³/mol. The highest BCUT2D eigenvalue weighted by molar-refractivity contribution is 5.90. The first-order chi connectivity index (χ1) is 8.34. The van der Waals surface area contributed by atoms with Crippen molar-refractivity contribution in [1.82, 2.24) is 0 Å². The third-order valence-corrected chi connectivity index (χ3v) is 2.41. The summed E-state index contributed by atoms with van der Waals surface area (Å²) < 4.78 is 5.12. The van der Waals surface area contributed by atoms with E-state index in [0.717, 1.165) is 0 Å². The molecule has 0 fully saturated rings. The second-order valence-electron chi connectivity index (χ2n) is 4.79. The Morgan fingerprint density at radius 1 is 1.39 bits per heavy atom. The highest BCUT2D eigenvalue weighted by Crippen LogP contribution is 2.12. The third-order valence-electron chi connectivity index (χ3n) is 2.41. The lowest BCUT2D eigenvalue weighted by molar-refractivity contribution is -0.900. The standard InChI is InChI=1S/C13H20N2O3/c1-10(16)9-15(2,3)14-13(17)11-5-7-12(18-4)8-6-11/h5-8,10,16H,9H2,1-4H3. The fraction of sp³-hybridized carbons (Fsp3) is 0.462. The molecule has 1 aromatic rings. The largest absolute Gasteiger partial charge is 0.855 e. The van der Waals surface area contributed by atoms with Gasteiger partial charge < -0.3 is 14.9 Å². The molecule has 0 saturated heterocycles. The lowest BCUT2D eigenvalue weighted by Gasteiger charge is -2.26. The molecule has 5 heteroatoms. The van der Waals surface area contributed by atoms with Crippen LogP contribution in [0.2, 0.25) is 0 Å². The van der Waals surface area contributed by atoms with Gasteiger partial charge in [-0.1, -0.05) is 17.2 Å². The van der Waals surface area contributed by atoms with Crippen LogP contribution in [0.5, 0.6) is 5.75 Å². The van der Waals surface area contributed by atoms with Gasteiger partial charge in [-0.15, -0.1) is 0 Å². The van der Waals surface area contributed by atoms with Gasteiger partial charge in [0.05, 0.1) is 27.1 Å². The SMILES string of the molecule is COc1ccc(/C([O-])=N/[N+](C)(C)CC(C)O)cc1. The molecule has 0 bridgehead atoms. The number of quaternary nitrogens is 1. The maximum atomic E-state index is 11.9. The number of nitrogens with zero attached hydrogens (tertiary/aromatic N) is 2. The summed E-state index contributed by atoms with van der Waals surface area (Å²) in [7, 11) is 5.12. The zero-order chi connectivity index (χ0) is 13.8. The monoisotopic (exact) mass is 252 g/mol. The highest BCUT2D eigenvalue weighted by atomic mass is 16.5. The van der Waals surface area contributed by atoms with Gasteiger partial charge in [-0.2, -0.15) is 0 Å². The van der Waals surface area contributed by atoms with E-state index >= 15 is 0 Å². The summed E-state index contributed by atoms with van der Waals surface area (Å²) in [4.78, 5) is 0. The third kappa shape index (κ3) is 4.35. The van der Waals surface area contributed by atoms with E-state index in [9.17, 15) is 10.2 Å². The van der Waals surface area contributed by atoms with E-state index in [1.807, 2.05) is 0 Å². The minimum Gasteiger partial charge on any atom is -0.855 e. The molecule has 1 rings (SSSR count). The van der Waals surface area contributed by atoms with Crippen LogP contribution in [-0.2, 0) is 0 Å². The van der Waals surface area contributed by atoms with Gasteiger partial charge in [-0.25, -0.2) is 4.59 Å². The van der Waals surface area contributed by atoms with Crippen molar-refractivity contribution >= 4 is 5.90 Å². The topological polar surface area (TPSA) is 64.9 Å². The number of hydrogen-bond acceptors (Lipinski definition) is 4. The first kappa shape index (κ1) is 14.5. The first-order valence-electron chi connectivity index (χ1n) is 5.77. The van der Waals surface area contributed by atoms with Gasteiger partial charge in [-0.3, -0.25) is 0 Å². The molecule has 1 N–H and O–H groups in total. The molecule has 0 heterocycles. The molecule has 0 amide bonds. The fourth-order valence-corrected chi connectivity index (χ4v) is 1.72. The molecule has 0 aliphatic carbocycles. The maximum absolute atomic E-state index is 11.9. The number of likely N-dealkylation sites (N-methyl/N-ethyl adjacent to an activating group) is 1. The Hall–Kier alpha value is -1.59. The molecule has 0 spiro atoms. The summed E-state index contributed by atoms with van der Waals surface area (Å²) in [6.07, 6.45) is -0.507. The minimum absolute atomic E-state index is 0.0997.